The highest BCUT2D eigenvalue weighted by molar-refractivity contribution is 5.90. The maximum atomic E-state index is 12.2. The van der Waals surface area contributed by atoms with E-state index in [1.165, 1.54) is 13.4 Å². The Balaban J connectivity index is 1.71. The Labute approximate surface area is 138 Å². The highest BCUT2D eigenvalue weighted by atomic mass is 16.5. The fourth-order valence-electron chi connectivity index (χ4n) is 2.25. The number of furan rings is 1. The average Bonchev–Trinajstić information content (AvgIpc) is 3.30. The molecule has 2 aromatic heterocycles. The van der Waals surface area contributed by atoms with Gasteiger partial charge in [0.25, 0.3) is 0 Å². The van der Waals surface area contributed by atoms with E-state index in [4.69, 9.17) is 9.15 Å². The van der Waals surface area contributed by atoms with Gasteiger partial charge in [-0.25, -0.2) is 9.59 Å². The fraction of sp³-hybridized carbons (Fsp3) is 0.111. The summed E-state index contributed by atoms with van der Waals surface area (Å²) in [6, 6.07) is 12.4. The van der Waals surface area contributed by atoms with Crippen LogP contribution in [-0.2, 0) is 16.1 Å². The van der Waals surface area contributed by atoms with Crippen LogP contribution in [0.25, 0.3) is 5.69 Å². The van der Waals surface area contributed by atoms with Gasteiger partial charge in [-0.05, 0) is 36.4 Å². The van der Waals surface area contributed by atoms with Gasteiger partial charge in [0, 0.05) is 23.6 Å². The number of methoxy groups -OCH3 is 1. The average molecular weight is 325 g/mol. The van der Waals surface area contributed by atoms with Crippen molar-refractivity contribution in [1.82, 2.24) is 4.57 Å². The lowest BCUT2D eigenvalue weighted by atomic mass is 10.2. The number of ether oxygens (including phenoxy) is 2. The lowest BCUT2D eigenvalue weighted by Gasteiger charge is -2.07. The molecule has 122 valence electrons. The molecule has 3 rings (SSSR count). The number of esters is 2. The molecule has 0 bridgehead atoms. The molecule has 0 aliphatic carbocycles. The quantitative estimate of drug-likeness (QED) is 0.674. The van der Waals surface area contributed by atoms with E-state index >= 15 is 0 Å². The molecule has 0 N–H and O–H groups in total. The molecule has 24 heavy (non-hydrogen) atoms. The third kappa shape index (κ3) is 3.22. The Morgan fingerprint density at radius 2 is 1.88 bits per heavy atom. The molecule has 6 nitrogen and oxygen atoms in total. The Hall–Kier alpha value is -3.28. The number of aromatic nitrogens is 1. The van der Waals surface area contributed by atoms with Crippen molar-refractivity contribution in [3.8, 4) is 5.69 Å². The van der Waals surface area contributed by atoms with Gasteiger partial charge in [0.05, 0.1) is 18.9 Å². The van der Waals surface area contributed by atoms with Gasteiger partial charge in [-0.15, -0.1) is 0 Å². The molecule has 3 aromatic rings. The zero-order valence-electron chi connectivity index (χ0n) is 13.0. The van der Waals surface area contributed by atoms with Crippen LogP contribution in [0.2, 0.25) is 0 Å². The summed E-state index contributed by atoms with van der Waals surface area (Å²) in [7, 11) is 1.26. The molecule has 0 radical (unpaired) electrons. The first kappa shape index (κ1) is 15.6. The third-order valence-electron chi connectivity index (χ3n) is 3.46. The van der Waals surface area contributed by atoms with Crippen LogP contribution in [0.4, 0.5) is 0 Å². The molecule has 0 spiro atoms. The maximum absolute atomic E-state index is 12.2. The van der Waals surface area contributed by atoms with Crippen molar-refractivity contribution in [3.05, 3.63) is 78.0 Å². The highest BCUT2D eigenvalue weighted by Gasteiger charge is 2.17. The first-order valence-electron chi connectivity index (χ1n) is 7.24. The van der Waals surface area contributed by atoms with Gasteiger partial charge in [0.15, 0.2) is 0 Å². The molecule has 0 amide bonds. The van der Waals surface area contributed by atoms with Gasteiger partial charge in [-0.3, -0.25) is 0 Å². The molecule has 0 atom stereocenters. The zero-order valence-corrected chi connectivity index (χ0v) is 13.0. The van der Waals surface area contributed by atoms with E-state index in [-0.39, 0.29) is 12.4 Å². The van der Waals surface area contributed by atoms with Crippen LogP contribution in [0.3, 0.4) is 0 Å². The van der Waals surface area contributed by atoms with Crippen LogP contribution < -0.4 is 0 Å². The summed E-state index contributed by atoms with van der Waals surface area (Å²) in [4.78, 5) is 23.8. The number of rotatable bonds is 5. The van der Waals surface area contributed by atoms with Crippen LogP contribution in [0.15, 0.2) is 65.5 Å². The summed E-state index contributed by atoms with van der Waals surface area (Å²) in [5.74, 6) is -1.06. The smallest absolute Gasteiger partial charge is 0.374 e. The van der Waals surface area contributed by atoms with Gasteiger partial charge in [-0.1, -0.05) is 6.07 Å². The molecule has 6 heteroatoms. The minimum absolute atomic E-state index is 0.0337. The molecule has 0 aliphatic heterocycles. The number of hydrogen-bond donors (Lipinski definition) is 0. The van der Waals surface area contributed by atoms with E-state index < -0.39 is 11.9 Å². The second kappa shape index (κ2) is 6.87. The standard InChI is InChI=1S/C18H15NO5/c1-22-18(21)16-14(7-10-23-16)12-24-17(20)13-5-4-6-15(11-13)19-8-2-3-9-19/h2-11H,12H2,1H3. The van der Waals surface area contributed by atoms with Crippen LogP contribution in [-0.4, -0.2) is 23.6 Å². The van der Waals surface area contributed by atoms with Gasteiger partial charge in [0.2, 0.25) is 5.76 Å². The first-order valence-corrected chi connectivity index (χ1v) is 7.24. The van der Waals surface area contributed by atoms with Crippen molar-refractivity contribution in [3.63, 3.8) is 0 Å². The Morgan fingerprint density at radius 1 is 1.08 bits per heavy atom. The molecule has 1 aromatic carbocycles. The van der Waals surface area contributed by atoms with Crippen molar-refractivity contribution >= 4 is 11.9 Å². The van der Waals surface area contributed by atoms with Gasteiger partial charge >= 0.3 is 11.9 Å². The van der Waals surface area contributed by atoms with Gasteiger partial charge in [-0.2, -0.15) is 0 Å². The topological polar surface area (TPSA) is 70.7 Å². The Morgan fingerprint density at radius 3 is 2.62 bits per heavy atom. The Bertz CT molecular complexity index is 848. The maximum Gasteiger partial charge on any atom is 0.374 e. The van der Waals surface area contributed by atoms with Gasteiger partial charge in [0.1, 0.15) is 6.61 Å². The molecule has 0 saturated carbocycles. The van der Waals surface area contributed by atoms with Crippen molar-refractivity contribution in [1.29, 1.82) is 0 Å². The normalized spacial score (nSPS) is 10.4. The van der Waals surface area contributed by atoms with Crippen molar-refractivity contribution < 1.29 is 23.5 Å². The number of benzene rings is 1. The summed E-state index contributed by atoms with van der Waals surface area (Å²) in [6.07, 6.45) is 5.12. The van der Waals surface area contributed by atoms with Crippen LogP contribution in [0.5, 0.6) is 0 Å². The second-order valence-corrected chi connectivity index (χ2v) is 4.98. The van der Waals surface area contributed by atoms with E-state index in [0.29, 0.717) is 11.1 Å². The largest absolute Gasteiger partial charge is 0.463 e. The molecule has 0 unspecified atom stereocenters. The minimum atomic E-state index is -0.611. The van der Waals surface area contributed by atoms with E-state index in [1.54, 1.807) is 24.3 Å². The number of carbonyl (C=O) groups is 2. The third-order valence-corrected chi connectivity index (χ3v) is 3.46. The summed E-state index contributed by atoms with van der Waals surface area (Å²) in [6.45, 7) is -0.0759. The van der Waals surface area contributed by atoms with E-state index in [2.05, 4.69) is 4.74 Å². The predicted molar refractivity (Wildman–Crippen MR) is 84.9 cm³/mol. The Kier molecular flexibility index (Phi) is 4.47. The molecular formula is C18H15NO5. The molecule has 0 saturated heterocycles. The molecule has 0 fully saturated rings. The van der Waals surface area contributed by atoms with Crippen molar-refractivity contribution in [2.45, 2.75) is 6.61 Å². The minimum Gasteiger partial charge on any atom is -0.463 e. The number of carbonyl (C=O) groups excluding carboxylic acids is 2. The van der Waals surface area contributed by atoms with E-state index in [1.807, 2.05) is 35.2 Å². The zero-order chi connectivity index (χ0) is 16.9. The second-order valence-electron chi connectivity index (χ2n) is 4.98. The highest BCUT2D eigenvalue weighted by Crippen LogP contribution is 2.16. The predicted octanol–water partition coefficient (Wildman–Crippen LogP) is 3.21. The summed E-state index contributed by atoms with van der Waals surface area (Å²) < 4.78 is 16.8. The summed E-state index contributed by atoms with van der Waals surface area (Å²) in [5.41, 5.74) is 1.73. The lowest BCUT2D eigenvalue weighted by Crippen LogP contribution is -2.09. The molecular weight excluding hydrogens is 310 g/mol. The summed E-state index contributed by atoms with van der Waals surface area (Å²) in [5, 5.41) is 0. The number of nitrogens with zero attached hydrogens (tertiary/aromatic N) is 1. The van der Waals surface area contributed by atoms with Crippen molar-refractivity contribution in [2.24, 2.45) is 0 Å². The fourth-order valence-corrected chi connectivity index (χ4v) is 2.25. The van der Waals surface area contributed by atoms with Crippen molar-refractivity contribution in [2.75, 3.05) is 7.11 Å². The van der Waals surface area contributed by atoms with Crippen LogP contribution >= 0.6 is 0 Å². The number of hydrogen-bond acceptors (Lipinski definition) is 5. The van der Waals surface area contributed by atoms with Crippen LogP contribution in [0, 0.1) is 0 Å². The SMILES string of the molecule is COC(=O)c1occc1COC(=O)c1cccc(-n2cccc2)c1. The summed E-state index contributed by atoms with van der Waals surface area (Å²) >= 11 is 0. The molecule has 2 heterocycles. The van der Waals surface area contributed by atoms with Crippen LogP contribution in [0.1, 0.15) is 26.5 Å². The first-order chi connectivity index (χ1) is 11.7. The van der Waals surface area contributed by atoms with E-state index in [0.717, 1.165) is 5.69 Å². The van der Waals surface area contributed by atoms with E-state index in [9.17, 15) is 9.59 Å². The lowest BCUT2D eigenvalue weighted by molar-refractivity contribution is 0.0453. The monoisotopic (exact) mass is 325 g/mol. The molecule has 0 aliphatic rings. The van der Waals surface area contributed by atoms with Gasteiger partial charge < -0.3 is 18.5 Å².